The number of furan rings is 1. The van der Waals surface area contributed by atoms with E-state index < -0.39 is 11.9 Å². The highest BCUT2D eigenvalue weighted by Gasteiger charge is 2.32. The molecule has 0 unspecified atom stereocenters. The first-order valence-corrected chi connectivity index (χ1v) is 9.07. The summed E-state index contributed by atoms with van der Waals surface area (Å²) in [5.41, 5.74) is 0.0310. The average molecular weight is 401 g/mol. The highest BCUT2D eigenvalue weighted by molar-refractivity contribution is 8.26. The van der Waals surface area contributed by atoms with Crippen molar-refractivity contribution >= 4 is 57.8 Å². The van der Waals surface area contributed by atoms with Gasteiger partial charge in [0.15, 0.2) is 0 Å². The molecule has 0 saturated carbocycles. The van der Waals surface area contributed by atoms with Crippen LogP contribution in [0.1, 0.15) is 22.5 Å². The molecule has 1 N–H and O–H groups in total. The molecule has 1 aromatic heterocycles. The Morgan fingerprint density at radius 2 is 2.04 bits per heavy atom. The van der Waals surface area contributed by atoms with Crippen LogP contribution in [0.2, 0.25) is 0 Å². The number of nitrogens with one attached hydrogen (secondary N) is 1. The van der Waals surface area contributed by atoms with Crippen molar-refractivity contribution < 1.29 is 23.9 Å². The lowest BCUT2D eigenvalue weighted by Crippen LogP contribution is -2.32. The normalized spacial score (nSPS) is 15.4. The summed E-state index contributed by atoms with van der Waals surface area (Å²) in [7, 11) is 0. The van der Waals surface area contributed by atoms with Gasteiger partial charge < -0.3 is 19.6 Å². The van der Waals surface area contributed by atoms with Crippen LogP contribution in [-0.2, 0) is 9.59 Å². The smallest absolute Gasteiger partial charge is 0.266 e. The fraction of sp³-hybridized carbons (Fsp3) is 0.111. The lowest BCUT2D eigenvalue weighted by Gasteiger charge is -2.15. The van der Waals surface area contributed by atoms with E-state index >= 15 is 0 Å². The number of carbonyl (C=O) groups excluding carboxylic acids is 3. The Morgan fingerprint density at radius 3 is 2.74 bits per heavy atom. The van der Waals surface area contributed by atoms with Gasteiger partial charge in [0.25, 0.3) is 5.91 Å². The van der Waals surface area contributed by atoms with Crippen LogP contribution < -0.4 is 10.4 Å². The minimum Gasteiger partial charge on any atom is -0.545 e. The van der Waals surface area contributed by atoms with Crippen molar-refractivity contribution in [3.05, 3.63) is 58.9 Å². The first kappa shape index (κ1) is 18.9. The number of benzene rings is 1. The maximum atomic E-state index is 12.4. The number of para-hydroxylation sites is 1. The SMILES string of the molecule is O=C(CCN1C(=O)C(=Cc2ccco2)SC1=S)Nc1ccccc1C(=O)[O-]. The molecule has 1 fully saturated rings. The summed E-state index contributed by atoms with van der Waals surface area (Å²) in [6.07, 6.45) is 3.05. The topological polar surface area (TPSA) is 103 Å². The Kier molecular flexibility index (Phi) is 5.72. The van der Waals surface area contributed by atoms with Crippen molar-refractivity contribution in [2.75, 3.05) is 11.9 Å². The van der Waals surface area contributed by atoms with Gasteiger partial charge in [-0.2, -0.15) is 0 Å². The second-order valence-corrected chi connectivity index (χ2v) is 7.16. The largest absolute Gasteiger partial charge is 0.545 e. The zero-order valence-electron chi connectivity index (χ0n) is 13.8. The van der Waals surface area contributed by atoms with Crippen molar-refractivity contribution in [2.24, 2.45) is 0 Å². The number of rotatable bonds is 6. The molecule has 0 atom stereocenters. The van der Waals surface area contributed by atoms with Crippen molar-refractivity contribution in [1.29, 1.82) is 0 Å². The van der Waals surface area contributed by atoms with Crippen LogP contribution >= 0.6 is 24.0 Å². The van der Waals surface area contributed by atoms with Crippen LogP contribution in [0.4, 0.5) is 5.69 Å². The number of carboxylic acids is 1. The third-order valence-corrected chi connectivity index (χ3v) is 5.05. The van der Waals surface area contributed by atoms with E-state index in [1.165, 1.54) is 29.4 Å². The second-order valence-electron chi connectivity index (χ2n) is 5.48. The predicted octanol–water partition coefficient (Wildman–Crippen LogP) is 1.87. The molecule has 138 valence electrons. The van der Waals surface area contributed by atoms with E-state index in [1.807, 2.05) is 0 Å². The van der Waals surface area contributed by atoms with E-state index in [9.17, 15) is 19.5 Å². The van der Waals surface area contributed by atoms with E-state index in [0.29, 0.717) is 15.0 Å². The fourth-order valence-electron chi connectivity index (χ4n) is 2.39. The maximum absolute atomic E-state index is 12.4. The van der Waals surface area contributed by atoms with E-state index in [-0.39, 0.29) is 30.1 Å². The minimum atomic E-state index is -1.38. The van der Waals surface area contributed by atoms with Gasteiger partial charge in [0, 0.05) is 30.3 Å². The highest BCUT2D eigenvalue weighted by Crippen LogP contribution is 2.32. The number of thiocarbonyl (C=S) groups is 1. The Labute approximate surface area is 164 Å². The summed E-state index contributed by atoms with van der Waals surface area (Å²) >= 11 is 6.34. The van der Waals surface area contributed by atoms with Crippen LogP contribution in [-0.4, -0.2) is 33.5 Å². The van der Waals surface area contributed by atoms with Crippen LogP contribution in [0.3, 0.4) is 0 Å². The van der Waals surface area contributed by atoms with Crippen LogP contribution in [0.5, 0.6) is 0 Å². The standard InChI is InChI=1S/C18H14N2O5S2/c21-15(19-13-6-2-1-5-12(13)17(23)24)7-8-20-16(22)14(27-18(20)26)10-11-4-3-9-25-11/h1-6,9-10H,7-8H2,(H,19,21)(H,23,24)/p-1. The lowest BCUT2D eigenvalue weighted by molar-refractivity contribution is -0.254. The van der Waals surface area contributed by atoms with Gasteiger partial charge in [0.1, 0.15) is 10.1 Å². The maximum Gasteiger partial charge on any atom is 0.266 e. The molecule has 9 heteroatoms. The molecule has 1 aliphatic rings. The van der Waals surface area contributed by atoms with Gasteiger partial charge in [-0.25, -0.2) is 0 Å². The Hall–Kier alpha value is -2.91. The van der Waals surface area contributed by atoms with E-state index in [1.54, 1.807) is 24.3 Å². The second kappa shape index (κ2) is 8.19. The quantitative estimate of drug-likeness (QED) is 0.582. The summed E-state index contributed by atoms with van der Waals surface area (Å²) in [5, 5.41) is 13.6. The number of nitrogens with zero attached hydrogens (tertiary/aromatic N) is 1. The van der Waals surface area contributed by atoms with Gasteiger partial charge in [0.05, 0.1) is 17.1 Å². The minimum absolute atomic E-state index is 0.0398. The molecular weight excluding hydrogens is 388 g/mol. The fourth-order valence-corrected chi connectivity index (χ4v) is 3.68. The van der Waals surface area contributed by atoms with Crippen LogP contribution in [0, 0.1) is 0 Å². The number of amides is 2. The van der Waals surface area contributed by atoms with Gasteiger partial charge in [-0.15, -0.1) is 0 Å². The molecule has 2 amide bonds. The van der Waals surface area contributed by atoms with Crippen molar-refractivity contribution in [1.82, 2.24) is 4.90 Å². The van der Waals surface area contributed by atoms with Crippen LogP contribution in [0.25, 0.3) is 6.08 Å². The Balaban J connectivity index is 1.61. The molecule has 1 aliphatic heterocycles. The number of thioether (sulfide) groups is 1. The number of hydrogen-bond acceptors (Lipinski definition) is 7. The molecular formula is C18H13N2O5S2-. The molecule has 3 rings (SSSR count). The van der Waals surface area contributed by atoms with Gasteiger partial charge >= 0.3 is 0 Å². The molecule has 1 aromatic carbocycles. The average Bonchev–Trinajstić information content (AvgIpc) is 3.23. The summed E-state index contributed by atoms with van der Waals surface area (Å²) in [6.45, 7) is 0.0828. The molecule has 2 aromatic rings. The molecule has 0 spiro atoms. The highest BCUT2D eigenvalue weighted by atomic mass is 32.2. The molecule has 0 radical (unpaired) electrons. The van der Waals surface area contributed by atoms with E-state index in [2.05, 4.69) is 5.32 Å². The lowest BCUT2D eigenvalue weighted by atomic mass is 10.2. The number of aromatic carboxylic acids is 1. The third kappa shape index (κ3) is 4.44. The van der Waals surface area contributed by atoms with E-state index in [4.69, 9.17) is 16.6 Å². The monoisotopic (exact) mass is 401 g/mol. The molecule has 7 nitrogen and oxygen atoms in total. The van der Waals surface area contributed by atoms with Gasteiger partial charge in [-0.3, -0.25) is 14.5 Å². The predicted molar refractivity (Wildman–Crippen MR) is 103 cm³/mol. The third-order valence-electron chi connectivity index (χ3n) is 3.67. The summed E-state index contributed by atoms with van der Waals surface area (Å²) in [5.74, 6) is -1.59. The number of carboxylic acid groups (broad SMARTS) is 1. The molecule has 0 bridgehead atoms. The van der Waals surface area contributed by atoms with Gasteiger partial charge in [-0.1, -0.05) is 42.2 Å². The summed E-state index contributed by atoms with van der Waals surface area (Å²) in [4.78, 5) is 37.4. The van der Waals surface area contributed by atoms with Crippen molar-refractivity contribution in [3.8, 4) is 0 Å². The van der Waals surface area contributed by atoms with Gasteiger partial charge in [-0.05, 0) is 18.2 Å². The zero-order chi connectivity index (χ0) is 19.4. The first-order valence-electron chi connectivity index (χ1n) is 7.85. The number of carbonyl (C=O) groups is 3. The Bertz CT molecular complexity index is 937. The molecule has 1 saturated heterocycles. The van der Waals surface area contributed by atoms with Crippen LogP contribution in [0.15, 0.2) is 52.0 Å². The number of hydrogen-bond donors (Lipinski definition) is 1. The molecule has 0 aliphatic carbocycles. The number of anilines is 1. The van der Waals surface area contributed by atoms with Crippen molar-refractivity contribution in [2.45, 2.75) is 6.42 Å². The zero-order valence-corrected chi connectivity index (χ0v) is 15.5. The molecule has 27 heavy (non-hydrogen) atoms. The molecule has 2 heterocycles. The van der Waals surface area contributed by atoms with E-state index in [0.717, 1.165) is 11.8 Å². The first-order chi connectivity index (χ1) is 13.0. The van der Waals surface area contributed by atoms with Crippen molar-refractivity contribution in [3.63, 3.8) is 0 Å². The van der Waals surface area contributed by atoms with Gasteiger partial charge in [0.2, 0.25) is 5.91 Å². The summed E-state index contributed by atoms with van der Waals surface area (Å²) < 4.78 is 5.54. The Morgan fingerprint density at radius 1 is 1.26 bits per heavy atom. The summed E-state index contributed by atoms with van der Waals surface area (Å²) in [6, 6.07) is 9.37.